The number of ketones is 1. The van der Waals surface area contributed by atoms with E-state index in [0.717, 1.165) is 5.56 Å². The Hall–Kier alpha value is -6.03. The zero-order chi connectivity index (χ0) is 44.8. The maximum Gasteiger partial charge on any atom is 0.408 e. The molecule has 15 nitrogen and oxygen atoms in total. The predicted molar refractivity (Wildman–Crippen MR) is 231 cm³/mol. The number of hydrogen-bond acceptors (Lipinski definition) is 11. The summed E-state index contributed by atoms with van der Waals surface area (Å²) in [6.07, 6.45) is -1.27. The molecule has 2 saturated carbocycles. The monoisotopic (exact) mass is 867 g/mol. The molecule has 2 heterocycles. The van der Waals surface area contributed by atoms with E-state index < -0.39 is 79.1 Å². The summed E-state index contributed by atoms with van der Waals surface area (Å²) in [7, 11) is -2.95. The Kier molecular flexibility index (Phi) is 11.6. The summed E-state index contributed by atoms with van der Waals surface area (Å²) in [5.74, 6) is -1.85. The zero-order valence-electron chi connectivity index (χ0n) is 35.9. The minimum atomic E-state index is -4.51. The molecule has 3 unspecified atom stereocenters. The lowest BCUT2D eigenvalue weighted by Crippen LogP contribution is -2.60. The second-order valence-corrected chi connectivity index (χ2v) is 20.4. The summed E-state index contributed by atoms with van der Waals surface area (Å²) >= 11 is 0. The highest BCUT2D eigenvalue weighted by Crippen LogP contribution is 2.47. The van der Waals surface area contributed by atoms with Gasteiger partial charge < -0.3 is 29.7 Å². The van der Waals surface area contributed by atoms with Crippen LogP contribution in [0.2, 0.25) is 0 Å². The molecule has 16 heteroatoms. The van der Waals surface area contributed by atoms with E-state index in [2.05, 4.69) is 15.4 Å². The largest absolute Gasteiger partial charge is 0.497 e. The molecule has 3 N–H and O–H groups in total. The molecule has 1 saturated heterocycles. The number of sulfonamides is 1. The summed E-state index contributed by atoms with van der Waals surface area (Å²) in [6, 6.07) is 22.3. The molecule has 1 aromatic heterocycles. The average Bonchev–Trinajstić information content (AvgIpc) is 4.15. The van der Waals surface area contributed by atoms with E-state index in [1.165, 1.54) is 17.0 Å². The quantitative estimate of drug-likeness (QED) is 0.139. The number of fused-ring (bicyclic) bond motifs is 1. The minimum Gasteiger partial charge on any atom is -0.497 e. The van der Waals surface area contributed by atoms with Gasteiger partial charge in [0.05, 0.1) is 24.9 Å². The van der Waals surface area contributed by atoms with Crippen LogP contribution in [0.5, 0.6) is 11.5 Å². The van der Waals surface area contributed by atoms with Crippen LogP contribution < -0.4 is 24.8 Å². The lowest BCUT2D eigenvalue weighted by molar-refractivity contribution is -0.143. The first kappa shape index (κ1) is 44.0. The van der Waals surface area contributed by atoms with E-state index >= 15 is 0 Å². The molecular formula is C46H53N5O10S. The Morgan fingerprint density at radius 3 is 2.08 bits per heavy atom. The first-order valence-electron chi connectivity index (χ1n) is 20.6. The highest BCUT2D eigenvalue weighted by atomic mass is 32.2. The van der Waals surface area contributed by atoms with Crippen LogP contribution in [0.4, 0.5) is 4.79 Å². The summed E-state index contributed by atoms with van der Waals surface area (Å²) < 4.78 is 45.4. The summed E-state index contributed by atoms with van der Waals surface area (Å²) in [4.78, 5) is 75.8. The molecule has 3 atom stereocenters. The first-order chi connectivity index (χ1) is 29.1. The van der Waals surface area contributed by atoms with Crippen molar-refractivity contribution in [2.45, 2.75) is 108 Å². The molecule has 7 rings (SSSR count). The van der Waals surface area contributed by atoms with Gasteiger partial charge in [-0.25, -0.2) is 18.2 Å². The van der Waals surface area contributed by atoms with Crippen molar-refractivity contribution in [3.8, 4) is 22.8 Å². The van der Waals surface area contributed by atoms with Gasteiger partial charge in [-0.3, -0.25) is 23.9 Å². The fraction of sp³-hybridized carbons (Fsp3) is 0.435. The molecule has 1 aliphatic heterocycles. The number of aromatic nitrogens is 1. The number of Topliss-reactive ketones (excluding diaryl/α,β-unsaturated/α-hetero) is 1. The summed E-state index contributed by atoms with van der Waals surface area (Å²) in [5.41, 5.74) is -1.08. The maximum atomic E-state index is 14.7. The number of rotatable bonds is 13. The number of pyridine rings is 1. The minimum absolute atomic E-state index is 0.0216. The predicted octanol–water partition coefficient (Wildman–Crippen LogP) is 5.71. The normalized spacial score (nSPS) is 19.4. The smallest absolute Gasteiger partial charge is 0.408 e. The number of hydrogen-bond donors (Lipinski definition) is 3. The fourth-order valence-electron chi connectivity index (χ4n) is 7.71. The van der Waals surface area contributed by atoms with Crippen molar-refractivity contribution in [2.75, 3.05) is 13.7 Å². The molecule has 3 fully saturated rings. The molecule has 3 aromatic carbocycles. The molecule has 62 heavy (non-hydrogen) atoms. The Morgan fingerprint density at radius 2 is 1.50 bits per heavy atom. The standard InChI is InChI=1S/C46H53N5O10S/c1-43(2,3)37(48-42(56)61-44(4,5)6)40(54)51-27-31(60-36-26-33(28-14-10-8-11-15-28)47-34-24-30(59-7)18-19-32(34)36)25-35(51)39(53)49-45(20-21-45)41(55)50-62(57,58)46(22-23-46)38(52)29-16-12-9-13-17-29/h8-19,24,26,31,35,37H,20-23,25,27H2,1-7H3,(H,48,56)(H,49,53)(H,50,55). The van der Waals surface area contributed by atoms with Crippen molar-refractivity contribution < 1.29 is 46.6 Å². The Balaban J connectivity index is 1.18. The van der Waals surface area contributed by atoms with E-state index in [9.17, 15) is 32.4 Å². The van der Waals surface area contributed by atoms with Crippen molar-refractivity contribution in [3.63, 3.8) is 0 Å². The molecular weight excluding hydrogens is 815 g/mol. The number of methoxy groups -OCH3 is 1. The number of nitrogens with one attached hydrogen (secondary N) is 3. The van der Waals surface area contributed by atoms with Crippen molar-refractivity contribution in [2.24, 2.45) is 5.41 Å². The Morgan fingerprint density at radius 1 is 0.855 bits per heavy atom. The van der Waals surface area contributed by atoms with Gasteiger partial charge in [-0.05, 0) is 64.0 Å². The number of ether oxygens (including phenoxy) is 3. The number of benzene rings is 3. The van der Waals surface area contributed by atoms with Gasteiger partial charge in [-0.15, -0.1) is 0 Å². The SMILES string of the molecule is COc1ccc2c(OC3CC(C(=O)NC4(C(=O)NS(=O)(=O)C5(C(=O)c6ccccc6)CC5)CC4)N(C(=O)C(NC(=O)OC(C)(C)C)C(C)(C)C)C3)cc(-c3ccccc3)nc2c1. The molecule has 3 aliphatic rings. The van der Waals surface area contributed by atoms with Crippen LogP contribution in [-0.4, -0.2) is 95.6 Å². The fourth-order valence-corrected chi connectivity index (χ4v) is 9.34. The number of amides is 4. The molecule has 0 bridgehead atoms. The van der Waals surface area contributed by atoms with Crippen molar-refractivity contribution in [3.05, 3.63) is 90.5 Å². The topological polar surface area (TPSA) is 199 Å². The zero-order valence-corrected chi connectivity index (χ0v) is 36.8. The van der Waals surface area contributed by atoms with Crippen LogP contribution in [0.1, 0.15) is 84.0 Å². The third-order valence-corrected chi connectivity index (χ3v) is 13.5. The highest BCUT2D eigenvalue weighted by molar-refractivity contribution is 7.92. The van der Waals surface area contributed by atoms with Crippen LogP contribution >= 0.6 is 0 Å². The van der Waals surface area contributed by atoms with Crippen molar-refractivity contribution in [1.82, 2.24) is 25.2 Å². The van der Waals surface area contributed by atoms with E-state index in [1.807, 2.05) is 36.4 Å². The number of carbonyl (C=O) groups is 5. The summed E-state index contributed by atoms with van der Waals surface area (Å²) in [5, 5.41) is 6.14. The van der Waals surface area contributed by atoms with Gasteiger partial charge in [0.1, 0.15) is 40.8 Å². The van der Waals surface area contributed by atoms with Crippen molar-refractivity contribution in [1.29, 1.82) is 0 Å². The van der Waals surface area contributed by atoms with Crippen LogP contribution in [0.25, 0.3) is 22.2 Å². The van der Waals surface area contributed by atoms with Gasteiger partial charge >= 0.3 is 6.09 Å². The molecule has 4 amide bonds. The first-order valence-corrected chi connectivity index (χ1v) is 22.1. The molecule has 328 valence electrons. The summed E-state index contributed by atoms with van der Waals surface area (Å²) in [6.45, 7) is 10.3. The van der Waals surface area contributed by atoms with E-state index in [-0.39, 0.29) is 44.2 Å². The second kappa shape index (κ2) is 16.3. The average molecular weight is 868 g/mol. The van der Waals surface area contributed by atoms with Gasteiger partial charge in [-0.1, -0.05) is 81.4 Å². The maximum absolute atomic E-state index is 14.7. The Bertz CT molecular complexity index is 2510. The number of alkyl carbamates (subject to hydrolysis) is 1. The van der Waals surface area contributed by atoms with Gasteiger partial charge in [0.15, 0.2) is 10.5 Å². The van der Waals surface area contributed by atoms with Crippen molar-refractivity contribution >= 4 is 50.5 Å². The molecule has 0 radical (unpaired) electrons. The van der Waals surface area contributed by atoms with E-state index in [4.69, 9.17) is 19.2 Å². The van der Waals surface area contributed by atoms with E-state index in [1.54, 1.807) is 85.1 Å². The second-order valence-electron chi connectivity index (χ2n) is 18.4. The number of nitrogens with zero attached hydrogens (tertiary/aromatic N) is 2. The van der Waals surface area contributed by atoms with Gasteiger partial charge in [0.25, 0.3) is 5.91 Å². The van der Waals surface area contributed by atoms with Crippen LogP contribution in [0, 0.1) is 5.41 Å². The number of likely N-dealkylation sites (tertiary alicyclic amines) is 1. The van der Waals surface area contributed by atoms with Crippen LogP contribution in [0.15, 0.2) is 84.9 Å². The Labute approximate surface area is 361 Å². The lowest BCUT2D eigenvalue weighted by Gasteiger charge is -2.36. The third kappa shape index (κ3) is 9.10. The molecule has 0 spiro atoms. The molecule has 2 aliphatic carbocycles. The van der Waals surface area contributed by atoms with Crippen LogP contribution in [-0.2, 0) is 29.1 Å². The number of carbonyl (C=O) groups excluding carboxylic acids is 5. The lowest BCUT2D eigenvalue weighted by atomic mass is 9.85. The van der Waals surface area contributed by atoms with Gasteiger partial charge in [0, 0.05) is 35.1 Å². The van der Waals surface area contributed by atoms with Crippen LogP contribution in [0.3, 0.4) is 0 Å². The van der Waals surface area contributed by atoms with Gasteiger partial charge in [0.2, 0.25) is 21.8 Å². The van der Waals surface area contributed by atoms with Gasteiger partial charge in [-0.2, -0.15) is 0 Å². The highest BCUT2D eigenvalue weighted by Gasteiger charge is 2.63. The third-order valence-electron chi connectivity index (χ3n) is 11.4. The van der Waals surface area contributed by atoms with E-state index in [0.29, 0.717) is 28.1 Å². The molecule has 4 aromatic rings.